The van der Waals surface area contributed by atoms with Gasteiger partial charge in [-0.3, -0.25) is 9.69 Å². The van der Waals surface area contributed by atoms with Gasteiger partial charge in [0.25, 0.3) is 0 Å². The van der Waals surface area contributed by atoms with Gasteiger partial charge in [0.2, 0.25) is 0 Å². The largest absolute Gasteiger partial charge is 0.494 e. The van der Waals surface area contributed by atoms with Crippen molar-refractivity contribution in [2.45, 2.75) is 58.8 Å². The average Bonchev–Trinajstić information content (AvgIpc) is 2.75. The number of fused-ring (bicyclic) bond motifs is 1. The van der Waals surface area contributed by atoms with Gasteiger partial charge in [0.15, 0.2) is 0 Å². The normalized spacial score (nSPS) is 21.9. The highest BCUT2D eigenvalue weighted by Gasteiger charge is 2.51. The molecule has 0 saturated carbocycles. The van der Waals surface area contributed by atoms with Gasteiger partial charge in [0.1, 0.15) is 0 Å². The Balaban J connectivity index is 1.70. The number of hydrogen-bond acceptors (Lipinski definition) is 5. The first-order valence-corrected chi connectivity index (χ1v) is 9.07. The summed E-state index contributed by atoms with van der Waals surface area (Å²) in [5.74, 6) is -0.153. The number of nitrogens with zero attached hydrogens (tertiary/aromatic N) is 1. The molecule has 1 fully saturated rings. The second kappa shape index (κ2) is 6.74. The number of rotatable bonds is 4. The third-order valence-electron chi connectivity index (χ3n) is 5.51. The first kappa shape index (κ1) is 18.4. The van der Waals surface area contributed by atoms with Crippen molar-refractivity contribution in [2.75, 3.05) is 19.7 Å². The zero-order chi connectivity index (χ0) is 18.2. The van der Waals surface area contributed by atoms with E-state index < -0.39 is 0 Å². The molecule has 2 aliphatic rings. The van der Waals surface area contributed by atoms with E-state index in [9.17, 15) is 4.79 Å². The van der Waals surface area contributed by atoms with E-state index in [0.717, 1.165) is 25.0 Å². The lowest BCUT2D eigenvalue weighted by Crippen LogP contribution is -2.41. The molecule has 2 heterocycles. The first-order valence-electron chi connectivity index (χ1n) is 9.07. The summed E-state index contributed by atoms with van der Waals surface area (Å²) in [5, 5.41) is 0. The van der Waals surface area contributed by atoms with Gasteiger partial charge in [-0.05, 0) is 57.6 Å². The van der Waals surface area contributed by atoms with E-state index >= 15 is 0 Å². The maximum Gasteiger partial charge on any atom is 0.494 e. The molecular weight excluding hydrogens is 317 g/mol. The average molecular weight is 345 g/mol. The van der Waals surface area contributed by atoms with Crippen LogP contribution in [0.3, 0.4) is 0 Å². The van der Waals surface area contributed by atoms with Crippen LogP contribution in [-0.2, 0) is 31.8 Å². The lowest BCUT2D eigenvalue weighted by Gasteiger charge is -2.32. The van der Waals surface area contributed by atoms with Crippen LogP contribution in [0.2, 0.25) is 0 Å². The van der Waals surface area contributed by atoms with Crippen molar-refractivity contribution in [3.05, 3.63) is 29.3 Å². The smallest absolute Gasteiger partial charge is 0.465 e. The summed E-state index contributed by atoms with van der Waals surface area (Å²) < 4.78 is 17.3. The van der Waals surface area contributed by atoms with Crippen molar-refractivity contribution in [1.29, 1.82) is 0 Å². The predicted octanol–water partition coefficient (Wildman–Crippen LogP) is 1.91. The number of carbonyl (C=O) groups is 1. The third kappa shape index (κ3) is 3.76. The Bertz CT molecular complexity index is 643. The summed E-state index contributed by atoms with van der Waals surface area (Å²) in [6, 6.07) is 6.40. The summed E-state index contributed by atoms with van der Waals surface area (Å²) in [6.45, 7) is 12.5. The number of ether oxygens (including phenoxy) is 1. The van der Waals surface area contributed by atoms with Crippen molar-refractivity contribution in [2.24, 2.45) is 0 Å². The van der Waals surface area contributed by atoms with Gasteiger partial charge < -0.3 is 14.0 Å². The van der Waals surface area contributed by atoms with Gasteiger partial charge in [0, 0.05) is 13.1 Å². The van der Waals surface area contributed by atoms with Crippen LogP contribution in [0.4, 0.5) is 0 Å². The first-order chi connectivity index (χ1) is 11.7. The molecule has 0 bridgehead atoms. The van der Waals surface area contributed by atoms with Crippen LogP contribution >= 0.6 is 0 Å². The van der Waals surface area contributed by atoms with Crippen LogP contribution in [0.1, 0.15) is 45.7 Å². The van der Waals surface area contributed by atoms with E-state index in [1.807, 2.05) is 6.92 Å². The van der Waals surface area contributed by atoms with Crippen LogP contribution in [-0.4, -0.2) is 48.9 Å². The molecule has 0 radical (unpaired) electrons. The van der Waals surface area contributed by atoms with Crippen molar-refractivity contribution in [3.8, 4) is 0 Å². The Kier molecular flexibility index (Phi) is 4.97. The molecule has 0 N–H and O–H groups in total. The molecule has 3 rings (SSSR count). The zero-order valence-corrected chi connectivity index (χ0v) is 15.9. The Morgan fingerprint density at radius 2 is 1.88 bits per heavy atom. The van der Waals surface area contributed by atoms with Crippen molar-refractivity contribution >= 4 is 18.6 Å². The molecule has 25 heavy (non-hydrogen) atoms. The van der Waals surface area contributed by atoms with E-state index in [0.29, 0.717) is 13.2 Å². The molecule has 0 unspecified atom stereocenters. The fraction of sp³-hybridized carbons (Fsp3) is 0.632. The topological polar surface area (TPSA) is 48.0 Å². The molecule has 0 aromatic heterocycles. The summed E-state index contributed by atoms with van der Waals surface area (Å²) in [4.78, 5) is 13.8. The summed E-state index contributed by atoms with van der Waals surface area (Å²) >= 11 is 0. The fourth-order valence-electron chi connectivity index (χ4n) is 3.28. The van der Waals surface area contributed by atoms with Gasteiger partial charge in [-0.15, -0.1) is 0 Å². The van der Waals surface area contributed by atoms with Crippen molar-refractivity contribution in [3.63, 3.8) is 0 Å². The minimum atomic E-state index is -0.329. The van der Waals surface area contributed by atoms with Gasteiger partial charge in [-0.1, -0.05) is 18.2 Å². The molecule has 0 spiro atoms. The molecule has 1 saturated heterocycles. The summed E-state index contributed by atoms with van der Waals surface area (Å²) in [6.07, 6.45) is 0.919. The molecule has 1 aromatic carbocycles. The van der Waals surface area contributed by atoms with Crippen LogP contribution in [0.25, 0.3) is 0 Å². The highest BCUT2D eigenvalue weighted by atomic mass is 16.7. The highest BCUT2D eigenvalue weighted by Crippen LogP contribution is 2.36. The van der Waals surface area contributed by atoms with E-state index in [1.54, 1.807) is 0 Å². The van der Waals surface area contributed by atoms with Crippen LogP contribution in [0.15, 0.2) is 18.2 Å². The standard InChI is InChI=1S/C19H28BNO4/c1-6-23-17(22)13-21-10-9-14-11-16(8-7-15(14)12-21)20-24-18(2,3)19(4,5)25-20/h7-8,11H,6,9-10,12-13H2,1-5H3. The fourth-order valence-corrected chi connectivity index (χ4v) is 3.28. The summed E-state index contributed by atoms with van der Waals surface area (Å²) in [7, 11) is -0.326. The minimum Gasteiger partial charge on any atom is -0.465 e. The van der Waals surface area contributed by atoms with E-state index in [4.69, 9.17) is 14.0 Å². The van der Waals surface area contributed by atoms with Crippen molar-refractivity contribution in [1.82, 2.24) is 4.90 Å². The SMILES string of the molecule is CCOC(=O)CN1CCc2cc(B3OC(C)(C)C(C)(C)O3)ccc2C1. The van der Waals surface area contributed by atoms with Crippen LogP contribution < -0.4 is 5.46 Å². The van der Waals surface area contributed by atoms with Gasteiger partial charge in [0.05, 0.1) is 24.4 Å². The Hall–Kier alpha value is -1.37. The number of esters is 1. The highest BCUT2D eigenvalue weighted by molar-refractivity contribution is 6.62. The molecule has 5 nitrogen and oxygen atoms in total. The molecular formula is C19H28BNO4. The lowest BCUT2D eigenvalue weighted by molar-refractivity contribution is -0.144. The Labute approximate surface area is 150 Å². The molecule has 0 atom stereocenters. The number of benzene rings is 1. The maximum absolute atomic E-state index is 11.7. The van der Waals surface area contributed by atoms with E-state index in [-0.39, 0.29) is 24.3 Å². The summed E-state index contributed by atoms with van der Waals surface area (Å²) in [5.41, 5.74) is 2.98. The quantitative estimate of drug-likeness (QED) is 0.616. The van der Waals surface area contributed by atoms with Gasteiger partial charge in [-0.2, -0.15) is 0 Å². The van der Waals surface area contributed by atoms with Crippen LogP contribution in [0.5, 0.6) is 0 Å². The van der Waals surface area contributed by atoms with E-state index in [2.05, 4.69) is 50.8 Å². The maximum atomic E-state index is 11.7. The molecule has 0 aliphatic carbocycles. The van der Waals surface area contributed by atoms with Crippen LogP contribution in [0, 0.1) is 0 Å². The predicted molar refractivity (Wildman–Crippen MR) is 97.8 cm³/mol. The molecule has 0 amide bonds. The molecule has 2 aliphatic heterocycles. The minimum absolute atomic E-state index is 0.153. The second-order valence-electron chi connectivity index (χ2n) is 7.88. The van der Waals surface area contributed by atoms with Crippen molar-refractivity contribution < 1.29 is 18.8 Å². The monoisotopic (exact) mass is 345 g/mol. The van der Waals surface area contributed by atoms with Gasteiger partial charge >= 0.3 is 13.1 Å². The van der Waals surface area contributed by atoms with Gasteiger partial charge in [-0.25, -0.2) is 0 Å². The molecule has 136 valence electrons. The molecule has 6 heteroatoms. The number of carbonyl (C=O) groups excluding carboxylic acids is 1. The second-order valence-corrected chi connectivity index (χ2v) is 7.88. The lowest BCUT2D eigenvalue weighted by atomic mass is 9.77. The third-order valence-corrected chi connectivity index (χ3v) is 5.51. The Morgan fingerprint density at radius 1 is 1.20 bits per heavy atom. The number of hydrogen-bond donors (Lipinski definition) is 0. The zero-order valence-electron chi connectivity index (χ0n) is 15.9. The molecule has 1 aromatic rings. The van der Waals surface area contributed by atoms with E-state index in [1.165, 1.54) is 11.1 Å². The Morgan fingerprint density at radius 3 is 2.52 bits per heavy atom.